The number of likely N-dealkylation sites (tertiary alicyclic amines) is 1. The van der Waals surface area contributed by atoms with Crippen LogP contribution in [0.3, 0.4) is 0 Å². The summed E-state index contributed by atoms with van der Waals surface area (Å²) >= 11 is 0. The zero-order chi connectivity index (χ0) is 12.1. The molecule has 0 bridgehead atoms. The minimum absolute atomic E-state index is 0.506. The summed E-state index contributed by atoms with van der Waals surface area (Å²) in [5.74, 6) is 1.77. The zero-order valence-electron chi connectivity index (χ0n) is 10.6. The van der Waals surface area contributed by atoms with Crippen molar-refractivity contribution in [1.82, 2.24) is 20.2 Å². The molecular weight excluding hydrogens is 214 g/mol. The van der Waals surface area contributed by atoms with Crippen molar-refractivity contribution < 1.29 is 0 Å². The van der Waals surface area contributed by atoms with E-state index in [1.165, 1.54) is 19.4 Å². The molecule has 0 saturated carbocycles. The number of nitrogens with one attached hydrogen (secondary N) is 2. The first-order valence-electron chi connectivity index (χ1n) is 6.19. The molecule has 2 N–H and O–H groups in total. The van der Waals surface area contributed by atoms with Gasteiger partial charge >= 0.3 is 0 Å². The van der Waals surface area contributed by atoms with Crippen molar-refractivity contribution in [3.63, 3.8) is 0 Å². The van der Waals surface area contributed by atoms with Gasteiger partial charge in [0.15, 0.2) is 0 Å². The smallest absolute Gasteiger partial charge is 0.144 e. The molecule has 0 spiro atoms. The van der Waals surface area contributed by atoms with Crippen LogP contribution in [0.15, 0.2) is 12.3 Å². The Morgan fingerprint density at radius 2 is 2.41 bits per heavy atom. The van der Waals surface area contributed by atoms with E-state index in [2.05, 4.69) is 32.5 Å². The summed E-state index contributed by atoms with van der Waals surface area (Å²) in [5, 5.41) is 6.55. The average Bonchev–Trinajstić information content (AvgIpc) is 2.30. The van der Waals surface area contributed by atoms with Crippen LogP contribution in [0.1, 0.15) is 18.7 Å². The fourth-order valence-electron chi connectivity index (χ4n) is 2.22. The third kappa shape index (κ3) is 3.64. The third-order valence-electron chi connectivity index (χ3n) is 3.02. The summed E-state index contributed by atoms with van der Waals surface area (Å²) in [6.07, 6.45) is 4.28. The van der Waals surface area contributed by atoms with Crippen LogP contribution in [0.25, 0.3) is 0 Å². The van der Waals surface area contributed by atoms with Gasteiger partial charge in [-0.25, -0.2) is 9.97 Å². The Balaban J connectivity index is 1.95. The van der Waals surface area contributed by atoms with Crippen molar-refractivity contribution >= 4 is 5.82 Å². The number of likely N-dealkylation sites (N-methyl/N-ethyl adjacent to an activating group) is 1. The Morgan fingerprint density at radius 1 is 1.53 bits per heavy atom. The first-order chi connectivity index (χ1) is 8.28. The van der Waals surface area contributed by atoms with Crippen molar-refractivity contribution in [2.45, 2.75) is 25.4 Å². The van der Waals surface area contributed by atoms with Gasteiger partial charge in [-0.05, 0) is 39.5 Å². The molecule has 2 heterocycles. The van der Waals surface area contributed by atoms with Crippen LogP contribution in [-0.2, 0) is 6.54 Å². The summed E-state index contributed by atoms with van der Waals surface area (Å²) in [6.45, 7) is 3.00. The molecule has 1 atom stereocenters. The fraction of sp³-hybridized carbons (Fsp3) is 0.667. The van der Waals surface area contributed by atoms with Gasteiger partial charge in [0.2, 0.25) is 0 Å². The molecule has 1 aliphatic heterocycles. The standard InChI is InChI=1S/C12H21N5/c1-13-8-12-14-6-5-11(16-12)15-10-4-3-7-17(2)9-10/h5-6,10,13H,3-4,7-9H2,1-2H3,(H,14,15,16). The lowest BCUT2D eigenvalue weighted by Crippen LogP contribution is -2.39. The van der Waals surface area contributed by atoms with Crippen LogP contribution in [0.4, 0.5) is 5.82 Å². The monoisotopic (exact) mass is 235 g/mol. The first-order valence-corrected chi connectivity index (χ1v) is 6.19. The van der Waals surface area contributed by atoms with Crippen molar-refractivity contribution in [1.29, 1.82) is 0 Å². The van der Waals surface area contributed by atoms with Gasteiger partial charge in [0, 0.05) is 18.8 Å². The van der Waals surface area contributed by atoms with Gasteiger partial charge in [-0.1, -0.05) is 0 Å². The van der Waals surface area contributed by atoms with Gasteiger partial charge in [0.25, 0.3) is 0 Å². The largest absolute Gasteiger partial charge is 0.366 e. The lowest BCUT2D eigenvalue weighted by molar-refractivity contribution is 0.260. The number of hydrogen-bond donors (Lipinski definition) is 2. The van der Waals surface area contributed by atoms with E-state index in [9.17, 15) is 0 Å². The summed E-state index contributed by atoms with van der Waals surface area (Å²) in [4.78, 5) is 11.0. The van der Waals surface area contributed by atoms with E-state index in [1.54, 1.807) is 0 Å². The van der Waals surface area contributed by atoms with Crippen LogP contribution in [0.2, 0.25) is 0 Å². The third-order valence-corrected chi connectivity index (χ3v) is 3.02. The lowest BCUT2D eigenvalue weighted by atomic mass is 10.1. The second-order valence-corrected chi connectivity index (χ2v) is 4.63. The quantitative estimate of drug-likeness (QED) is 0.804. The maximum Gasteiger partial charge on any atom is 0.144 e. The van der Waals surface area contributed by atoms with E-state index >= 15 is 0 Å². The molecule has 94 valence electrons. The molecule has 1 aromatic heterocycles. The molecule has 1 fully saturated rings. The van der Waals surface area contributed by atoms with Crippen molar-refractivity contribution in [2.24, 2.45) is 0 Å². The lowest BCUT2D eigenvalue weighted by Gasteiger charge is -2.30. The molecule has 0 amide bonds. The van der Waals surface area contributed by atoms with E-state index in [0.29, 0.717) is 12.6 Å². The molecule has 1 unspecified atom stereocenters. The second-order valence-electron chi connectivity index (χ2n) is 4.63. The van der Waals surface area contributed by atoms with Crippen LogP contribution in [-0.4, -0.2) is 48.1 Å². The number of nitrogens with zero attached hydrogens (tertiary/aromatic N) is 3. The van der Waals surface area contributed by atoms with Crippen molar-refractivity contribution in [2.75, 3.05) is 32.5 Å². The van der Waals surface area contributed by atoms with Gasteiger partial charge in [0.1, 0.15) is 11.6 Å². The number of piperidine rings is 1. The molecule has 0 radical (unpaired) electrons. The average molecular weight is 235 g/mol. The summed E-state index contributed by atoms with van der Waals surface area (Å²) in [7, 11) is 4.07. The first kappa shape index (κ1) is 12.3. The molecule has 5 heteroatoms. The van der Waals surface area contributed by atoms with E-state index in [1.807, 2.05) is 19.3 Å². The number of hydrogen-bond acceptors (Lipinski definition) is 5. The van der Waals surface area contributed by atoms with Crippen LogP contribution < -0.4 is 10.6 Å². The molecular formula is C12H21N5. The predicted molar refractivity (Wildman–Crippen MR) is 68.9 cm³/mol. The Labute approximate surface area is 103 Å². The molecule has 1 saturated heterocycles. The molecule has 0 aliphatic carbocycles. The van der Waals surface area contributed by atoms with E-state index in [4.69, 9.17) is 0 Å². The highest BCUT2D eigenvalue weighted by molar-refractivity contribution is 5.34. The second kappa shape index (κ2) is 5.93. The normalized spacial score (nSPS) is 21.4. The molecule has 5 nitrogen and oxygen atoms in total. The molecule has 0 aromatic carbocycles. The van der Waals surface area contributed by atoms with Gasteiger partial charge in [-0.15, -0.1) is 0 Å². The van der Waals surface area contributed by atoms with Crippen molar-refractivity contribution in [3.05, 3.63) is 18.1 Å². The van der Waals surface area contributed by atoms with Gasteiger partial charge in [-0.2, -0.15) is 0 Å². The van der Waals surface area contributed by atoms with Crippen LogP contribution in [0, 0.1) is 0 Å². The summed E-state index contributed by atoms with van der Waals surface area (Å²) in [5.41, 5.74) is 0. The Morgan fingerprint density at radius 3 is 3.18 bits per heavy atom. The van der Waals surface area contributed by atoms with Crippen molar-refractivity contribution in [3.8, 4) is 0 Å². The number of aromatic nitrogens is 2. The highest BCUT2D eigenvalue weighted by Gasteiger charge is 2.17. The molecule has 2 rings (SSSR count). The molecule has 17 heavy (non-hydrogen) atoms. The highest BCUT2D eigenvalue weighted by atomic mass is 15.2. The van der Waals surface area contributed by atoms with Gasteiger partial charge < -0.3 is 15.5 Å². The maximum absolute atomic E-state index is 4.48. The maximum atomic E-state index is 4.48. The SMILES string of the molecule is CNCc1nccc(NC2CCCN(C)C2)n1. The molecule has 1 aromatic rings. The van der Waals surface area contributed by atoms with Gasteiger partial charge in [0.05, 0.1) is 6.54 Å². The number of anilines is 1. The minimum Gasteiger partial charge on any atom is -0.366 e. The number of rotatable bonds is 4. The van der Waals surface area contributed by atoms with Crippen LogP contribution in [0.5, 0.6) is 0 Å². The zero-order valence-corrected chi connectivity index (χ0v) is 10.6. The Bertz CT molecular complexity index is 355. The van der Waals surface area contributed by atoms with E-state index in [0.717, 1.165) is 18.2 Å². The Hall–Kier alpha value is -1.20. The highest BCUT2D eigenvalue weighted by Crippen LogP contribution is 2.13. The van der Waals surface area contributed by atoms with E-state index < -0.39 is 0 Å². The van der Waals surface area contributed by atoms with E-state index in [-0.39, 0.29) is 0 Å². The van der Waals surface area contributed by atoms with Crippen LogP contribution >= 0.6 is 0 Å². The minimum atomic E-state index is 0.506. The topological polar surface area (TPSA) is 53.1 Å². The summed E-state index contributed by atoms with van der Waals surface area (Å²) in [6, 6.07) is 2.44. The Kier molecular flexibility index (Phi) is 4.28. The summed E-state index contributed by atoms with van der Waals surface area (Å²) < 4.78 is 0. The van der Waals surface area contributed by atoms with Gasteiger partial charge in [-0.3, -0.25) is 0 Å². The fourth-order valence-corrected chi connectivity index (χ4v) is 2.22. The molecule has 1 aliphatic rings. The predicted octanol–water partition coefficient (Wildman–Crippen LogP) is 0.702.